The van der Waals surface area contributed by atoms with Crippen LogP contribution in [0.1, 0.15) is 16.7 Å². The first kappa shape index (κ1) is 10.3. The monoisotopic (exact) mass is 220 g/mol. The lowest BCUT2D eigenvalue weighted by molar-refractivity contribution is 1.44. The van der Waals surface area contributed by atoms with Crippen molar-refractivity contribution < 1.29 is 0 Å². The van der Waals surface area contributed by atoms with Gasteiger partial charge in [0.05, 0.1) is 0 Å². The van der Waals surface area contributed by atoms with E-state index in [0.717, 1.165) is 0 Å². The molecule has 0 fully saturated rings. The molecule has 0 aliphatic heterocycles. The molecule has 0 unspecified atom stereocenters. The van der Waals surface area contributed by atoms with Crippen LogP contribution in [-0.4, -0.2) is 0 Å². The van der Waals surface area contributed by atoms with E-state index in [4.69, 9.17) is 0 Å². The average Bonchev–Trinajstić information content (AvgIpc) is 2.34. The third kappa shape index (κ3) is 1.44. The van der Waals surface area contributed by atoms with Crippen LogP contribution in [0.25, 0.3) is 21.5 Å². The van der Waals surface area contributed by atoms with Crippen molar-refractivity contribution in [2.24, 2.45) is 0 Å². The van der Waals surface area contributed by atoms with Gasteiger partial charge >= 0.3 is 0 Å². The molecule has 17 heavy (non-hydrogen) atoms. The Morgan fingerprint density at radius 1 is 0.706 bits per heavy atom. The molecular formula is C17H16. The van der Waals surface area contributed by atoms with Gasteiger partial charge in [-0.1, -0.05) is 36.4 Å². The summed E-state index contributed by atoms with van der Waals surface area (Å²) in [7, 11) is 0. The Labute approximate surface area is 102 Å². The van der Waals surface area contributed by atoms with Crippen molar-refractivity contribution >= 4 is 21.5 Å². The second kappa shape index (κ2) is 3.59. The van der Waals surface area contributed by atoms with Crippen molar-refractivity contribution in [3.8, 4) is 0 Å². The smallest absolute Gasteiger partial charge is 0.0116 e. The van der Waals surface area contributed by atoms with Gasteiger partial charge in [-0.05, 0) is 65.1 Å². The van der Waals surface area contributed by atoms with Crippen LogP contribution in [0.15, 0.2) is 42.5 Å². The molecule has 0 aliphatic carbocycles. The summed E-state index contributed by atoms with van der Waals surface area (Å²) in [6, 6.07) is 15.4. The zero-order valence-corrected chi connectivity index (χ0v) is 10.5. The lowest BCUT2D eigenvalue weighted by atomic mass is 9.92. The number of benzene rings is 3. The molecule has 0 spiro atoms. The van der Waals surface area contributed by atoms with E-state index >= 15 is 0 Å². The number of hydrogen-bond acceptors (Lipinski definition) is 0. The topological polar surface area (TPSA) is 0 Å². The predicted molar refractivity (Wildman–Crippen MR) is 75.7 cm³/mol. The maximum absolute atomic E-state index is 2.32. The summed E-state index contributed by atoms with van der Waals surface area (Å²) in [6.07, 6.45) is 0. The Kier molecular flexibility index (Phi) is 2.19. The Morgan fingerprint density at radius 2 is 1.41 bits per heavy atom. The number of fused-ring (bicyclic) bond motifs is 2. The van der Waals surface area contributed by atoms with E-state index in [1.165, 1.54) is 38.2 Å². The maximum atomic E-state index is 2.32. The van der Waals surface area contributed by atoms with Crippen molar-refractivity contribution in [1.82, 2.24) is 0 Å². The molecule has 0 heterocycles. The highest BCUT2D eigenvalue weighted by Gasteiger charge is 2.07. The second-order valence-electron chi connectivity index (χ2n) is 4.84. The lowest BCUT2D eigenvalue weighted by Crippen LogP contribution is -1.88. The molecule has 0 nitrogen and oxygen atoms in total. The van der Waals surface area contributed by atoms with Crippen molar-refractivity contribution in [3.05, 3.63) is 59.2 Å². The minimum atomic E-state index is 1.34. The largest absolute Gasteiger partial charge is 0.0616 e. The van der Waals surface area contributed by atoms with E-state index in [0.29, 0.717) is 0 Å². The number of rotatable bonds is 0. The van der Waals surface area contributed by atoms with Crippen LogP contribution in [0.2, 0.25) is 0 Å². The standard InChI is InChI=1S/C17H16/c1-11-8-9-12(2)17-13(3)15-7-5-4-6-14(15)10-16(11)17/h4-10H,1-3H3. The first-order valence-corrected chi connectivity index (χ1v) is 6.07. The highest BCUT2D eigenvalue weighted by atomic mass is 14.1. The molecule has 84 valence electrons. The fraction of sp³-hybridized carbons (Fsp3) is 0.176. The van der Waals surface area contributed by atoms with E-state index < -0.39 is 0 Å². The van der Waals surface area contributed by atoms with Gasteiger partial charge in [-0.25, -0.2) is 0 Å². The zero-order chi connectivity index (χ0) is 12.0. The van der Waals surface area contributed by atoms with Gasteiger partial charge in [-0.3, -0.25) is 0 Å². The Morgan fingerprint density at radius 3 is 2.24 bits per heavy atom. The van der Waals surface area contributed by atoms with Crippen LogP contribution in [0.4, 0.5) is 0 Å². The molecule has 0 aliphatic rings. The molecule has 0 saturated carbocycles. The van der Waals surface area contributed by atoms with Crippen LogP contribution >= 0.6 is 0 Å². The van der Waals surface area contributed by atoms with Crippen molar-refractivity contribution in [1.29, 1.82) is 0 Å². The quantitative estimate of drug-likeness (QED) is 0.472. The van der Waals surface area contributed by atoms with Crippen LogP contribution in [0.3, 0.4) is 0 Å². The molecule has 3 rings (SSSR count). The first-order chi connectivity index (χ1) is 8.18. The van der Waals surface area contributed by atoms with Crippen LogP contribution in [0, 0.1) is 20.8 Å². The molecule has 0 bridgehead atoms. The van der Waals surface area contributed by atoms with Gasteiger partial charge in [0, 0.05) is 0 Å². The number of aryl methyl sites for hydroxylation is 3. The van der Waals surface area contributed by atoms with E-state index in [-0.39, 0.29) is 0 Å². The minimum absolute atomic E-state index is 1.34. The fourth-order valence-corrected chi connectivity index (χ4v) is 2.77. The Bertz CT molecular complexity index is 721. The fourth-order valence-electron chi connectivity index (χ4n) is 2.77. The maximum Gasteiger partial charge on any atom is -0.0116 e. The van der Waals surface area contributed by atoms with Gasteiger partial charge in [-0.15, -0.1) is 0 Å². The van der Waals surface area contributed by atoms with Gasteiger partial charge in [0.25, 0.3) is 0 Å². The molecule has 0 amide bonds. The average molecular weight is 220 g/mol. The SMILES string of the molecule is Cc1ccc(C)c2c(C)c3ccccc3cc12. The molecule has 3 aromatic carbocycles. The van der Waals surface area contributed by atoms with Gasteiger partial charge in [0.15, 0.2) is 0 Å². The van der Waals surface area contributed by atoms with E-state index in [1.807, 2.05) is 0 Å². The highest BCUT2D eigenvalue weighted by Crippen LogP contribution is 2.31. The Balaban J connectivity index is 2.64. The lowest BCUT2D eigenvalue weighted by Gasteiger charge is -2.12. The minimum Gasteiger partial charge on any atom is -0.0616 e. The molecular weight excluding hydrogens is 204 g/mol. The summed E-state index contributed by atoms with van der Waals surface area (Å²) in [5.74, 6) is 0. The predicted octanol–water partition coefficient (Wildman–Crippen LogP) is 4.92. The van der Waals surface area contributed by atoms with Gasteiger partial charge in [0.2, 0.25) is 0 Å². The summed E-state index contributed by atoms with van der Waals surface area (Å²) in [6.45, 7) is 6.62. The van der Waals surface area contributed by atoms with Gasteiger partial charge < -0.3 is 0 Å². The van der Waals surface area contributed by atoms with Gasteiger partial charge in [0.1, 0.15) is 0 Å². The van der Waals surface area contributed by atoms with Crippen LogP contribution in [-0.2, 0) is 0 Å². The third-order valence-corrected chi connectivity index (χ3v) is 3.71. The summed E-state index contributed by atoms with van der Waals surface area (Å²) < 4.78 is 0. The molecule has 0 heteroatoms. The zero-order valence-electron chi connectivity index (χ0n) is 10.5. The van der Waals surface area contributed by atoms with Crippen LogP contribution < -0.4 is 0 Å². The van der Waals surface area contributed by atoms with Crippen molar-refractivity contribution in [2.45, 2.75) is 20.8 Å². The normalized spacial score (nSPS) is 11.2. The Hall–Kier alpha value is -1.82. The molecule has 0 N–H and O–H groups in total. The van der Waals surface area contributed by atoms with E-state index in [9.17, 15) is 0 Å². The van der Waals surface area contributed by atoms with Crippen LogP contribution in [0.5, 0.6) is 0 Å². The molecule has 0 saturated heterocycles. The van der Waals surface area contributed by atoms with Crippen molar-refractivity contribution in [2.75, 3.05) is 0 Å². The number of hydrogen-bond donors (Lipinski definition) is 0. The molecule has 0 aromatic heterocycles. The van der Waals surface area contributed by atoms with Gasteiger partial charge in [-0.2, -0.15) is 0 Å². The third-order valence-electron chi connectivity index (χ3n) is 3.71. The summed E-state index contributed by atoms with van der Waals surface area (Å²) in [5.41, 5.74) is 4.13. The molecule has 0 radical (unpaired) electrons. The molecule has 3 aromatic rings. The first-order valence-electron chi connectivity index (χ1n) is 6.07. The summed E-state index contributed by atoms with van der Waals surface area (Å²) in [4.78, 5) is 0. The second-order valence-corrected chi connectivity index (χ2v) is 4.84. The molecule has 0 atom stereocenters. The highest BCUT2D eigenvalue weighted by molar-refractivity contribution is 6.04. The summed E-state index contributed by atoms with van der Waals surface area (Å²) in [5, 5.41) is 5.52. The van der Waals surface area contributed by atoms with E-state index in [1.54, 1.807) is 0 Å². The van der Waals surface area contributed by atoms with Crippen molar-refractivity contribution in [3.63, 3.8) is 0 Å². The van der Waals surface area contributed by atoms with E-state index in [2.05, 4.69) is 63.2 Å². The summed E-state index contributed by atoms with van der Waals surface area (Å²) >= 11 is 0.